The van der Waals surface area contributed by atoms with Crippen molar-refractivity contribution >= 4 is 53.6 Å². The first kappa shape index (κ1) is 42.1. The first-order valence-electron chi connectivity index (χ1n) is 14.1. The maximum Gasteiger partial charge on any atom is 0.317 e. The quantitative estimate of drug-likeness (QED) is 0.0426. The second-order valence-corrected chi connectivity index (χ2v) is 10.2. The molecule has 0 aromatic carbocycles. The molecule has 0 aromatic rings. The summed E-state index contributed by atoms with van der Waals surface area (Å²) in [5, 5.41) is 63.8. The molecule has 47 heavy (non-hydrogen) atoms. The number of amides is 2. The van der Waals surface area contributed by atoms with E-state index in [1.807, 2.05) is 0 Å². The first-order valence-corrected chi connectivity index (χ1v) is 14.1. The molecule has 0 radical (unpaired) electrons. The lowest BCUT2D eigenvalue weighted by atomic mass is 10.3. The Bertz CT molecular complexity index is 1020. The highest BCUT2D eigenvalue weighted by atomic mass is 16.4. The molecular weight excluding hydrogens is 638 g/mol. The molecular formula is C26H41N5O16. The Kier molecular flexibility index (Phi) is 20.2. The normalized spacial score (nSPS) is 11.0. The van der Waals surface area contributed by atoms with Gasteiger partial charge in [-0.25, -0.2) is 0 Å². The fraction of sp³-hybridized carbons (Fsp3) is 0.654. The predicted molar refractivity (Wildman–Crippen MR) is 154 cm³/mol. The first-order chi connectivity index (χ1) is 21.9. The summed E-state index contributed by atoms with van der Waals surface area (Å²) in [5.41, 5.74) is 0. The highest BCUT2D eigenvalue weighted by Gasteiger charge is 2.24. The average molecular weight is 680 g/mol. The Morgan fingerprint density at radius 2 is 0.532 bits per heavy atom. The molecule has 0 aliphatic heterocycles. The standard InChI is InChI=1S/C26H41N5O16/c32-18(30(5-1-20(34)35)6-2-21(36)37)13-28(16-25(44)45)11-9-27(15-24(42)43)10-12-29(17-26(46)47)14-19(33)31(7-3-22(38)39)8-4-23(40)41/h1-17H2,(H,34,35)(H,36,37)(H,38,39)(H,40,41)(H,42,43)(H,44,45)(H,46,47). The van der Waals surface area contributed by atoms with Crippen molar-refractivity contribution < 1.29 is 78.9 Å². The zero-order valence-corrected chi connectivity index (χ0v) is 25.6. The van der Waals surface area contributed by atoms with Crippen LogP contribution in [0.5, 0.6) is 0 Å². The van der Waals surface area contributed by atoms with Crippen molar-refractivity contribution in [3.63, 3.8) is 0 Å². The summed E-state index contributed by atoms with van der Waals surface area (Å²) in [7, 11) is 0. The van der Waals surface area contributed by atoms with Crippen molar-refractivity contribution in [3.05, 3.63) is 0 Å². The van der Waals surface area contributed by atoms with E-state index < -0.39 is 112 Å². The van der Waals surface area contributed by atoms with Gasteiger partial charge < -0.3 is 45.5 Å². The second kappa shape index (κ2) is 22.6. The lowest BCUT2D eigenvalue weighted by Gasteiger charge is -2.30. The summed E-state index contributed by atoms with van der Waals surface area (Å²) in [6.45, 7) is -5.28. The highest BCUT2D eigenvalue weighted by molar-refractivity contribution is 5.81. The minimum Gasteiger partial charge on any atom is -0.481 e. The van der Waals surface area contributed by atoms with Gasteiger partial charge in [0.1, 0.15) is 0 Å². The fourth-order valence-electron chi connectivity index (χ4n) is 4.06. The molecule has 0 fully saturated rings. The maximum atomic E-state index is 12.9. The molecule has 0 saturated carbocycles. The number of hydrogen-bond donors (Lipinski definition) is 7. The van der Waals surface area contributed by atoms with E-state index in [1.54, 1.807) is 0 Å². The van der Waals surface area contributed by atoms with Gasteiger partial charge in [-0.1, -0.05) is 0 Å². The molecule has 21 heteroatoms. The van der Waals surface area contributed by atoms with Crippen LogP contribution < -0.4 is 0 Å². The van der Waals surface area contributed by atoms with Gasteiger partial charge in [-0.3, -0.25) is 57.9 Å². The van der Waals surface area contributed by atoms with Crippen molar-refractivity contribution in [2.75, 3.05) is 85.1 Å². The van der Waals surface area contributed by atoms with E-state index in [2.05, 4.69) is 0 Å². The van der Waals surface area contributed by atoms with Crippen molar-refractivity contribution in [1.29, 1.82) is 0 Å². The van der Waals surface area contributed by atoms with E-state index >= 15 is 0 Å². The zero-order chi connectivity index (χ0) is 36.1. The van der Waals surface area contributed by atoms with Gasteiger partial charge in [-0.2, -0.15) is 0 Å². The molecule has 0 spiro atoms. The Balaban J connectivity index is 5.70. The Morgan fingerprint density at radius 3 is 0.766 bits per heavy atom. The lowest BCUT2D eigenvalue weighted by Crippen LogP contribution is -2.48. The van der Waals surface area contributed by atoms with E-state index in [9.17, 15) is 58.5 Å². The summed E-state index contributed by atoms with van der Waals surface area (Å²) in [4.78, 5) is 109. The van der Waals surface area contributed by atoms with Gasteiger partial charge in [0.25, 0.3) is 0 Å². The third kappa shape index (κ3) is 22.3. The van der Waals surface area contributed by atoms with Crippen molar-refractivity contribution in [2.24, 2.45) is 0 Å². The van der Waals surface area contributed by atoms with Crippen LogP contribution in [0, 0.1) is 0 Å². The number of carbonyl (C=O) groups excluding carboxylic acids is 2. The molecule has 0 atom stereocenters. The summed E-state index contributed by atoms with van der Waals surface area (Å²) in [6.07, 6.45) is -1.99. The smallest absolute Gasteiger partial charge is 0.317 e. The van der Waals surface area contributed by atoms with E-state index in [4.69, 9.17) is 20.4 Å². The van der Waals surface area contributed by atoms with Gasteiger partial charge in [0.2, 0.25) is 11.8 Å². The molecule has 0 rings (SSSR count). The van der Waals surface area contributed by atoms with Crippen LogP contribution in [0.2, 0.25) is 0 Å². The second-order valence-electron chi connectivity index (χ2n) is 10.2. The highest BCUT2D eigenvalue weighted by Crippen LogP contribution is 2.04. The van der Waals surface area contributed by atoms with Crippen LogP contribution in [-0.4, -0.2) is 199 Å². The molecule has 0 saturated heterocycles. The van der Waals surface area contributed by atoms with Crippen molar-refractivity contribution in [3.8, 4) is 0 Å². The third-order valence-corrected chi connectivity index (χ3v) is 6.35. The number of aliphatic carboxylic acids is 7. The molecule has 0 aliphatic carbocycles. The summed E-state index contributed by atoms with van der Waals surface area (Å²) >= 11 is 0. The van der Waals surface area contributed by atoms with Gasteiger partial charge in [-0.15, -0.1) is 0 Å². The molecule has 0 bridgehead atoms. The minimum atomic E-state index is -1.35. The summed E-state index contributed by atoms with van der Waals surface area (Å²) < 4.78 is 0. The molecule has 0 heterocycles. The summed E-state index contributed by atoms with van der Waals surface area (Å²) in [5.74, 6) is -10.6. The molecule has 2 amide bonds. The topological polar surface area (TPSA) is 311 Å². The van der Waals surface area contributed by atoms with E-state index in [1.165, 1.54) is 4.90 Å². The number of nitrogens with zero attached hydrogens (tertiary/aromatic N) is 5. The van der Waals surface area contributed by atoms with Gasteiger partial charge in [0, 0.05) is 52.4 Å². The third-order valence-electron chi connectivity index (χ3n) is 6.35. The van der Waals surface area contributed by atoms with Gasteiger partial charge in [0.05, 0.1) is 58.4 Å². The molecule has 0 unspecified atom stereocenters. The van der Waals surface area contributed by atoms with Gasteiger partial charge in [-0.05, 0) is 0 Å². The molecule has 7 N–H and O–H groups in total. The SMILES string of the molecule is O=C(O)CCN(CCC(=O)O)C(=O)CN(CCN(CCN(CC(=O)O)CC(=O)N(CCC(=O)O)CCC(=O)O)CC(=O)O)CC(=O)O. The fourth-order valence-corrected chi connectivity index (χ4v) is 4.06. The molecule has 21 nitrogen and oxygen atoms in total. The predicted octanol–water partition coefficient (Wildman–Crippen LogP) is -3.30. The Morgan fingerprint density at radius 1 is 0.298 bits per heavy atom. The van der Waals surface area contributed by atoms with Crippen LogP contribution >= 0.6 is 0 Å². The Hall–Kier alpha value is -4.89. The largest absolute Gasteiger partial charge is 0.481 e. The van der Waals surface area contributed by atoms with Crippen LogP contribution in [0.15, 0.2) is 0 Å². The van der Waals surface area contributed by atoms with Crippen LogP contribution in [0.3, 0.4) is 0 Å². The zero-order valence-electron chi connectivity index (χ0n) is 25.6. The summed E-state index contributed by atoms with van der Waals surface area (Å²) in [6, 6.07) is 0. The lowest BCUT2D eigenvalue weighted by molar-refractivity contribution is -0.144. The maximum absolute atomic E-state index is 12.9. The van der Waals surface area contributed by atoms with E-state index in [0.29, 0.717) is 0 Å². The number of rotatable bonds is 28. The number of carbonyl (C=O) groups is 9. The number of hydrogen-bond acceptors (Lipinski definition) is 12. The van der Waals surface area contributed by atoms with E-state index in [0.717, 1.165) is 19.6 Å². The van der Waals surface area contributed by atoms with Crippen LogP contribution in [0.4, 0.5) is 0 Å². The number of carboxylic acid groups (broad SMARTS) is 7. The molecule has 266 valence electrons. The Labute approximate surface area is 268 Å². The van der Waals surface area contributed by atoms with Crippen molar-refractivity contribution in [1.82, 2.24) is 24.5 Å². The van der Waals surface area contributed by atoms with Gasteiger partial charge in [0.15, 0.2) is 0 Å². The van der Waals surface area contributed by atoms with Crippen LogP contribution in [-0.2, 0) is 43.2 Å². The minimum absolute atomic E-state index is 0.171. The molecule has 0 aliphatic rings. The number of carboxylic acids is 7. The van der Waals surface area contributed by atoms with Crippen LogP contribution in [0.1, 0.15) is 25.7 Å². The average Bonchev–Trinajstić information content (AvgIpc) is 2.92. The van der Waals surface area contributed by atoms with Crippen molar-refractivity contribution in [2.45, 2.75) is 25.7 Å². The van der Waals surface area contributed by atoms with Gasteiger partial charge >= 0.3 is 41.8 Å². The van der Waals surface area contributed by atoms with E-state index in [-0.39, 0.29) is 52.4 Å². The molecule has 0 aromatic heterocycles. The van der Waals surface area contributed by atoms with Crippen LogP contribution in [0.25, 0.3) is 0 Å². The monoisotopic (exact) mass is 679 g/mol.